The van der Waals surface area contributed by atoms with Gasteiger partial charge in [-0.1, -0.05) is 54.6 Å². The highest BCUT2D eigenvalue weighted by Gasteiger charge is 2.29. The molecule has 1 amide bonds. The van der Waals surface area contributed by atoms with Gasteiger partial charge in [-0.2, -0.15) is 0 Å². The van der Waals surface area contributed by atoms with E-state index < -0.39 is 15.1 Å². The van der Waals surface area contributed by atoms with Crippen LogP contribution in [0, 0.1) is 0 Å². The van der Waals surface area contributed by atoms with Crippen LogP contribution in [0.3, 0.4) is 0 Å². The molecule has 6 heteroatoms. The quantitative estimate of drug-likeness (QED) is 0.663. The first-order chi connectivity index (χ1) is 13.5. The van der Waals surface area contributed by atoms with Gasteiger partial charge in [0.15, 0.2) is 9.84 Å². The zero-order valence-corrected chi connectivity index (χ0v) is 16.2. The lowest BCUT2D eigenvalue weighted by atomic mass is 10.1. The number of carbonyl (C=O) groups is 1. The number of methoxy groups -OCH3 is 1. The topological polar surface area (TPSA) is 72.5 Å². The van der Waals surface area contributed by atoms with E-state index in [-0.39, 0.29) is 17.3 Å². The summed E-state index contributed by atoms with van der Waals surface area (Å²) < 4.78 is 31.6. The lowest BCUT2D eigenvalue weighted by Crippen LogP contribution is -2.32. The number of ether oxygens (including phenoxy) is 1. The first-order valence-electron chi connectivity index (χ1n) is 8.78. The van der Waals surface area contributed by atoms with Gasteiger partial charge in [0.1, 0.15) is 11.0 Å². The minimum Gasteiger partial charge on any atom is -0.497 e. The van der Waals surface area contributed by atoms with Gasteiger partial charge in [-0.3, -0.25) is 4.79 Å². The highest BCUT2D eigenvalue weighted by Crippen LogP contribution is 2.28. The summed E-state index contributed by atoms with van der Waals surface area (Å²) >= 11 is 0. The van der Waals surface area contributed by atoms with Gasteiger partial charge in [0, 0.05) is 12.1 Å². The Morgan fingerprint density at radius 3 is 2.21 bits per heavy atom. The summed E-state index contributed by atoms with van der Waals surface area (Å²) in [5.74, 6) is 0.201. The minimum absolute atomic E-state index is 0.0444. The van der Waals surface area contributed by atoms with Crippen molar-refractivity contribution in [2.45, 2.75) is 10.1 Å². The number of benzene rings is 3. The second-order valence-corrected chi connectivity index (χ2v) is 8.33. The third-order valence-electron chi connectivity index (χ3n) is 4.40. The molecule has 0 bridgehead atoms. The van der Waals surface area contributed by atoms with Gasteiger partial charge < -0.3 is 10.1 Å². The van der Waals surface area contributed by atoms with Crippen LogP contribution >= 0.6 is 0 Å². The fourth-order valence-electron chi connectivity index (χ4n) is 2.90. The van der Waals surface area contributed by atoms with Crippen LogP contribution in [0.4, 0.5) is 0 Å². The van der Waals surface area contributed by atoms with Crippen molar-refractivity contribution >= 4 is 15.7 Å². The smallest absolute Gasteiger partial charge is 0.251 e. The molecule has 0 aliphatic rings. The molecule has 1 atom stereocenters. The van der Waals surface area contributed by atoms with E-state index in [1.165, 1.54) is 7.11 Å². The van der Waals surface area contributed by atoms with Gasteiger partial charge in [0.2, 0.25) is 0 Å². The first-order valence-corrected chi connectivity index (χ1v) is 10.3. The van der Waals surface area contributed by atoms with Gasteiger partial charge in [-0.15, -0.1) is 0 Å². The number of amides is 1. The maximum absolute atomic E-state index is 13.2. The third-order valence-corrected chi connectivity index (χ3v) is 6.51. The Hall–Kier alpha value is -3.12. The maximum atomic E-state index is 13.2. The Bertz CT molecular complexity index is 1030. The standard InChI is InChI=1S/C22H21NO4S/c1-27-19-12-8-11-18(15-19)22(24)23-16-21(17-9-4-2-5-10-17)28(25,26)20-13-6-3-7-14-20/h2-15,21H,16H2,1H3,(H,23,24)/t21-/m0/s1. The number of hydrogen-bond acceptors (Lipinski definition) is 4. The van der Waals surface area contributed by atoms with Crippen LogP contribution in [0.1, 0.15) is 21.2 Å². The zero-order valence-electron chi connectivity index (χ0n) is 15.4. The van der Waals surface area contributed by atoms with E-state index in [0.717, 1.165) is 0 Å². The van der Waals surface area contributed by atoms with Crippen molar-refractivity contribution in [2.75, 3.05) is 13.7 Å². The largest absolute Gasteiger partial charge is 0.497 e. The van der Waals surface area contributed by atoms with Gasteiger partial charge >= 0.3 is 0 Å². The van der Waals surface area contributed by atoms with E-state index >= 15 is 0 Å². The molecule has 0 saturated heterocycles. The van der Waals surface area contributed by atoms with Crippen molar-refractivity contribution < 1.29 is 17.9 Å². The van der Waals surface area contributed by atoms with Crippen molar-refractivity contribution in [2.24, 2.45) is 0 Å². The highest BCUT2D eigenvalue weighted by molar-refractivity contribution is 7.91. The summed E-state index contributed by atoms with van der Waals surface area (Å²) in [4.78, 5) is 12.8. The number of carbonyl (C=O) groups excluding carboxylic acids is 1. The van der Waals surface area contributed by atoms with Crippen molar-refractivity contribution in [3.8, 4) is 5.75 Å². The molecule has 0 spiro atoms. The lowest BCUT2D eigenvalue weighted by Gasteiger charge is -2.19. The van der Waals surface area contributed by atoms with E-state index in [2.05, 4.69) is 5.32 Å². The Labute approximate surface area is 164 Å². The monoisotopic (exact) mass is 395 g/mol. The molecule has 0 unspecified atom stereocenters. The summed E-state index contributed by atoms with van der Waals surface area (Å²) in [5, 5.41) is 1.85. The third kappa shape index (κ3) is 4.40. The number of hydrogen-bond donors (Lipinski definition) is 1. The van der Waals surface area contributed by atoms with E-state index in [9.17, 15) is 13.2 Å². The summed E-state index contributed by atoms with van der Waals surface area (Å²) in [5.41, 5.74) is 1.03. The summed E-state index contributed by atoms with van der Waals surface area (Å²) in [6.45, 7) is -0.0444. The van der Waals surface area contributed by atoms with Crippen molar-refractivity contribution in [3.05, 3.63) is 96.1 Å². The van der Waals surface area contributed by atoms with Crippen LogP contribution in [0.2, 0.25) is 0 Å². The van der Waals surface area contributed by atoms with Crippen LogP contribution in [0.15, 0.2) is 89.8 Å². The normalized spacial score (nSPS) is 12.2. The van der Waals surface area contributed by atoms with E-state index in [0.29, 0.717) is 16.9 Å². The molecule has 0 heterocycles. The lowest BCUT2D eigenvalue weighted by molar-refractivity contribution is 0.0953. The molecule has 0 aromatic heterocycles. The fourth-order valence-corrected chi connectivity index (χ4v) is 4.58. The second kappa shape index (κ2) is 8.71. The molecule has 3 aromatic carbocycles. The predicted octanol–water partition coefficient (Wildman–Crippen LogP) is 3.64. The summed E-state index contributed by atoms with van der Waals surface area (Å²) in [6, 6.07) is 23.9. The molecule has 0 fully saturated rings. The highest BCUT2D eigenvalue weighted by atomic mass is 32.2. The van der Waals surface area contributed by atoms with Crippen LogP contribution in [-0.2, 0) is 9.84 Å². The van der Waals surface area contributed by atoms with Crippen LogP contribution in [0.5, 0.6) is 5.75 Å². The molecule has 0 radical (unpaired) electrons. The SMILES string of the molecule is COc1cccc(C(=O)NC[C@@H](c2ccccc2)S(=O)(=O)c2ccccc2)c1. The van der Waals surface area contributed by atoms with Crippen molar-refractivity contribution in [3.63, 3.8) is 0 Å². The fraction of sp³-hybridized carbons (Fsp3) is 0.136. The van der Waals surface area contributed by atoms with Crippen molar-refractivity contribution in [1.29, 1.82) is 0 Å². The average molecular weight is 395 g/mol. The number of sulfone groups is 1. The minimum atomic E-state index is -3.68. The summed E-state index contributed by atoms with van der Waals surface area (Å²) in [7, 11) is -2.16. The molecule has 3 rings (SSSR count). The second-order valence-electron chi connectivity index (χ2n) is 6.20. The summed E-state index contributed by atoms with van der Waals surface area (Å²) in [6.07, 6.45) is 0. The van der Waals surface area contributed by atoms with E-state index in [4.69, 9.17) is 4.74 Å². The molecule has 0 aliphatic heterocycles. The zero-order chi connectivity index (χ0) is 20.0. The molecule has 0 saturated carbocycles. The van der Waals surface area contributed by atoms with Gasteiger partial charge in [0.25, 0.3) is 5.91 Å². The Morgan fingerprint density at radius 2 is 1.57 bits per heavy atom. The van der Waals surface area contributed by atoms with Gasteiger partial charge in [-0.25, -0.2) is 8.42 Å². The van der Waals surface area contributed by atoms with Gasteiger partial charge in [-0.05, 0) is 35.9 Å². The van der Waals surface area contributed by atoms with Crippen LogP contribution in [0.25, 0.3) is 0 Å². The number of rotatable bonds is 7. The molecular weight excluding hydrogens is 374 g/mol. The number of nitrogens with one attached hydrogen (secondary N) is 1. The van der Waals surface area contributed by atoms with Crippen LogP contribution < -0.4 is 10.1 Å². The van der Waals surface area contributed by atoms with E-state index in [1.807, 2.05) is 6.07 Å². The Kier molecular flexibility index (Phi) is 6.11. The molecule has 144 valence electrons. The van der Waals surface area contributed by atoms with Crippen LogP contribution in [-0.4, -0.2) is 28.0 Å². The molecule has 1 N–H and O–H groups in total. The Balaban J connectivity index is 1.87. The molecule has 5 nitrogen and oxygen atoms in total. The first kappa shape index (κ1) is 19.6. The Morgan fingerprint density at radius 1 is 0.929 bits per heavy atom. The molecule has 3 aromatic rings. The van der Waals surface area contributed by atoms with Gasteiger partial charge in [0.05, 0.1) is 12.0 Å². The average Bonchev–Trinajstić information content (AvgIpc) is 2.75. The van der Waals surface area contributed by atoms with Crippen molar-refractivity contribution in [1.82, 2.24) is 5.32 Å². The maximum Gasteiger partial charge on any atom is 0.251 e. The molecule has 28 heavy (non-hydrogen) atoms. The molecular formula is C22H21NO4S. The van der Waals surface area contributed by atoms with E-state index in [1.54, 1.807) is 78.9 Å². The molecule has 0 aliphatic carbocycles. The predicted molar refractivity (Wildman–Crippen MR) is 108 cm³/mol.